The van der Waals surface area contributed by atoms with Crippen LogP contribution in [0.5, 0.6) is 0 Å². The van der Waals surface area contributed by atoms with Crippen molar-refractivity contribution in [1.82, 2.24) is 14.8 Å². The van der Waals surface area contributed by atoms with Gasteiger partial charge in [0.1, 0.15) is 0 Å². The molecule has 1 aliphatic rings. The molecule has 2 N–H and O–H groups in total. The summed E-state index contributed by atoms with van der Waals surface area (Å²) in [4.78, 5) is 17.5. The topological polar surface area (TPSA) is 99.6 Å². The number of hydrazine groups is 1. The molecule has 1 aromatic heterocycles. The highest BCUT2D eigenvalue weighted by atomic mass is 32.2. The summed E-state index contributed by atoms with van der Waals surface area (Å²) < 4.78 is 24.4. The van der Waals surface area contributed by atoms with E-state index in [0.717, 1.165) is 10.6 Å². The number of amides is 1. The van der Waals surface area contributed by atoms with E-state index in [9.17, 15) is 18.3 Å². The molecular weight excluding hydrogens is 306 g/mol. The first-order valence-electron chi connectivity index (χ1n) is 7.01. The molecule has 0 aliphatic heterocycles. The number of carbonyl (C=O) groups is 1. The summed E-state index contributed by atoms with van der Waals surface area (Å²) in [7, 11) is -3.80. The number of pyridine rings is 1. The Bertz CT molecular complexity index is 648. The fraction of sp³-hybridized carbons (Fsp3) is 0.571. The second-order valence-corrected chi connectivity index (χ2v) is 8.65. The Morgan fingerprint density at radius 3 is 2.32 bits per heavy atom. The molecule has 0 radical (unpaired) electrons. The number of sulfonamides is 1. The first kappa shape index (κ1) is 16.7. The van der Waals surface area contributed by atoms with Crippen molar-refractivity contribution < 1.29 is 18.3 Å². The molecule has 0 saturated heterocycles. The fourth-order valence-corrected chi connectivity index (χ4v) is 4.01. The van der Waals surface area contributed by atoms with E-state index in [2.05, 4.69) is 9.82 Å². The minimum Gasteiger partial charge on any atom is -0.464 e. The Morgan fingerprint density at radius 2 is 1.91 bits per heavy atom. The van der Waals surface area contributed by atoms with E-state index in [1.165, 1.54) is 0 Å². The quantitative estimate of drug-likeness (QED) is 0.803. The van der Waals surface area contributed by atoms with Gasteiger partial charge in [-0.2, -0.15) is 0 Å². The zero-order chi connectivity index (χ0) is 16.6. The highest BCUT2D eigenvalue weighted by Crippen LogP contribution is 2.46. The molecule has 8 heteroatoms. The van der Waals surface area contributed by atoms with E-state index >= 15 is 0 Å². The molecule has 22 heavy (non-hydrogen) atoms. The van der Waals surface area contributed by atoms with Crippen molar-refractivity contribution in [2.24, 2.45) is 0 Å². The van der Waals surface area contributed by atoms with E-state index in [0.29, 0.717) is 19.3 Å². The van der Waals surface area contributed by atoms with Crippen molar-refractivity contribution in [3.05, 3.63) is 30.1 Å². The largest absolute Gasteiger partial charge is 0.464 e. The molecule has 1 fully saturated rings. The van der Waals surface area contributed by atoms with Crippen LogP contribution in [0.1, 0.15) is 39.2 Å². The van der Waals surface area contributed by atoms with Crippen LogP contribution in [-0.2, 0) is 16.4 Å². The smallest absolute Gasteiger partial charge is 0.423 e. The Balaban J connectivity index is 2.21. The maximum absolute atomic E-state index is 12.6. The van der Waals surface area contributed by atoms with Gasteiger partial charge in [-0.25, -0.2) is 18.2 Å². The standard InChI is InChI=1S/C14H21N3O4S/c1-13(2,3)17(12(18)19)16-22(20,21)14(6-7-14)10-11-4-8-15-9-5-11/h4-5,8-9,16H,6-7,10H2,1-3H3,(H,18,19). The van der Waals surface area contributed by atoms with Crippen molar-refractivity contribution in [2.45, 2.75) is 50.3 Å². The van der Waals surface area contributed by atoms with Gasteiger partial charge in [0.25, 0.3) is 0 Å². The lowest BCUT2D eigenvalue weighted by Crippen LogP contribution is -2.57. The second-order valence-electron chi connectivity index (χ2n) is 6.60. The lowest BCUT2D eigenvalue weighted by Gasteiger charge is -2.34. The summed E-state index contributed by atoms with van der Waals surface area (Å²) in [5.41, 5.74) is 0.00145. The molecular formula is C14H21N3O4S. The Hall–Kier alpha value is -1.67. The van der Waals surface area contributed by atoms with Crippen LogP contribution in [0, 0.1) is 0 Å². The normalized spacial score (nSPS) is 17.0. The second kappa shape index (κ2) is 5.51. The summed E-state index contributed by atoms with van der Waals surface area (Å²) in [6.45, 7) is 4.89. The summed E-state index contributed by atoms with van der Waals surface area (Å²) in [5.74, 6) is 0. The first-order chi connectivity index (χ1) is 10.1. The van der Waals surface area contributed by atoms with Crippen LogP contribution in [0.2, 0.25) is 0 Å². The molecule has 0 aromatic carbocycles. The summed E-state index contributed by atoms with van der Waals surface area (Å²) >= 11 is 0. The average molecular weight is 327 g/mol. The molecule has 0 atom stereocenters. The first-order valence-corrected chi connectivity index (χ1v) is 8.50. The van der Waals surface area contributed by atoms with E-state index in [1.807, 2.05) is 0 Å². The third kappa shape index (κ3) is 3.38. The van der Waals surface area contributed by atoms with Gasteiger partial charge in [0.15, 0.2) is 0 Å². The van der Waals surface area contributed by atoms with Gasteiger partial charge in [0.2, 0.25) is 10.0 Å². The number of nitrogens with zero attached hydrogens (tertiary/aromatic N) is 2. The number of rotatable bonds is 5. The highest BCUT2D eigenvalue weighted by Gasteiger charge is 2.55. The number of hydrogen-bond acceptors (Lipinski definition) is 4. The lowest BCUT2D eigenvalue weighted by atomic mass is 10.1. The fourth-order valence-electron chi connectivity index (χ4n) is 2.23. The van der Waals surface area contributed by atoms with E-state index in [4.69, 9.17) is 0 Å². The van der Waals surface area contributed by atoms with Gasteiger partial charge in [-0.3, -0.25) is 4.98 Å². The van der Waals surface area contributed by atoms with Gasteiger partial charge in [0, 0.05) is 12.4 Å². The van der Waals surface area contributed by atoms with Gasteiger partial charge >= 0.3 is 6.09 Å². The Kier molecular flexibility index (Phi) is 4.18. The molecule has 1 heterocycles. The predicted molar refractivity (Wildman–Crippen MR) is 81.6 cm³/mol. The molecule has 0 unspecified atom stereocenters. The van der Waals surface area contributed by atoms with Crippen LogP contribution in [0.15, 0.2) is 24.5 Å². The molecule has 7 nitrogen and oxygen atoms in total. The summed E-state index contributed by atoms with van der Waals surface area (Å²) in [6, 6.07) is 3.54. The zero-order valence-electron chi connectivity index (χ0n) is 12.9. The summed E-state index contributed by atoms with van der Waals surface area (Å²) in [6.07, 6.45) is 3.29. The minimum absolute atomic E-state index is 0.350. The lowest BCUT2D eigenvalue weighted by molar-refractivity contribution is 0.0853. The molecule has 1 aliphatic carbocycles. The Labute approximate surface area is 130 Å². The van der Waals surface area contributed by atoms with E-state index in [1.54, 1.807) is 45.3 Å². The number of aromatic nitrogens is 1. The molecule has 1 aromatic rings. The van der Waals surface area contributed by atoms with Crippen LogP contribution in [0.25, 0.3) is 0 Å². The van der Waals surface area contributed by atoms with Crippen molar-refractivity contribution in [1.29, 1.82) is 0 Å². The van der Waals surface area contributed by atoms with Gasteiger partial charge < -0.3 is 5.11 Å². The van der Waals surface area contributed by atoms with Crippen LogP contribution in [0.3, 0.4) is 0 Å². The van der Waals surface area contributed by atoms with E-state index < -0.39 is 26.4 Å². The van der Waals surface area contributed by atoms with Crippen molar-refractivity contribution >= 4 is 16.1 Å². The van der Waals surface area contributed by atoms with Gasteiger partial charge in [-0.15, -0.1) is 4.83 Å². The Morgan fingerprint density at radius 1 is 1.36 bits per heavy atom. The van der Waals surface area contributed by atoms with Gasteiger partial charge in [-0.1, -0.05) is 0 Å². The van der Waals surface area contributed by atoms with Gasteiger partial charge in [0.05, 0.1) is 10.3 Å². The minimum atomic E-state index is -3.80. The van der Waals surface area contributed by atoms with E-state index in [-0.39, 0.29) is 0 Å². The van der Waals surface area contributed by atoms with Crippen LogP contribution in [-0.4, -0.2) is 39.9 Å². The molecule has 1 amide bonds. The monoisotopic (exact) mass is 327 g/mol. The predicted octanol–water partition coefficient (Wildman–Crippen LogP) is 1.77. The number of nitrogens with one attached hydrogen (secondary N) is 1. The van der Waals surface area contributed by atoms with Crippen molar-refractivity contribution in [3.63, 3.8) is 0 Å². The van der Waals surface area contributed by atoms with Crippen LogP contribution >= 0.6 is 0 Å². The zero-order valence-corrected chi connectivity index (χ0v) is 13.7. The molecule has 0 spiro atoms. The average Bonchev–Trinajstić information content (AvgIpc) is 3.17. The number of hydrogen-bond donors (Lipinski definition) is 2. The molecule has 122 valence electrons. The SMILES string of the molecule is CC(C)(C)N(NS(=O)(=O)C1(Cc2ccncc2)CC1)C(=O)O. The third-order valence-corrected chi connectivity index (χ3v) is 5.84. The maximum atomic E-state index is 12.6. The summed E-state index contributed by atoms with van der Waals surface area (Å²) in [5, 5.41) is 9.98. The third-order valence-electron chi connectivity index (χ3n) is 3.73. The highest BCUT2D eigenvalue weighted by molar-refractivity contribution is 7.91. The molecule has 0 bridgehead atoms. The van der Waals surface area contributed by atoms with Crippen LogP contribution < -0.4 is 4.83 Å². The van der Waals surface area contributed by atoms with Crippen molar-refractivity contribution in [3.8, 4) is 0 Å². The van der Waals surface area contributed by atoms with Crippen LogP contribution in [0.4, 0.5) is 4.79 Å². The maximum Gasteiger partial charge on any atom is 0.423 e. The van der Waals surface area contributed by atoms with Gasteiger partial charge in [-0.05, 0) is 57.7 Å². The molecule has 1 saturated carbocycles. The molecule has 2 rings (SSSR count). The number of carboxylic acid groups (broad SMARTS) is 1. The van der Waals surface area contributed by atoms with Crippen molar-refractivity contribution in [2.75, 3.05) is 0 Å².